The summed E-state index contributed by atoms with van der Waals surface area (Å²) < 4.78 is 52.7. The van der Waals surface area contributed by atoms with Crippen LogP contribution < -0.4 is 4.72 Å². The molecule has 0 radical (unpaired) electrons. The summed E-state index contributed by atoms with van der Waals surface area (Å²) in [5, 5.41) is 1.00. The molecule has 2 fully saturated rings. The van der Waals surface area contributed by atoms with E-state index in [9.17, 15) is 16.8 Å². The van der Waals surface area contributed by atoms with E-state index in [0.29, 0.717) is 32.5 Å². The molecule has 0 atom stereocenters. The minimum absolute atomic E-state index is 0.172. The number of sulfonamides is 2. The van der Waals surface area contributed by atoms with Crippen LogP contribution >= 0.6 is 0 Å². The van der Waals surface area contributed by atoms with Gasteiger partial charge in [0, 0.05) is 25.0 Å². The van der Waals surface area contributed by atoms with Crippen LogP contribution in [0.2, 0.25) is 0 Å². The fourth-order valence-corrected chi connectivity index (χ4v) is 5.73. The molecule has 8 heteroatoms. The van der Waals surface area contributed by atoms with Crippen molar-refractivity contribution in [2.24, 2.45) is 5.92 Å². The lowest BCUT2D eigenvalue weighted by Crippen LogP contribution is -2.42. The molecular weight excluding hydrogens is 360 g/mol. The van der Waals surface area contributed by atoms with E-state index >= 15 is 0 Å². The molecule has 6 nitrogen and oxygen atoms in total. The molecule has 0 aromatic heterocycles. The minimum atomic E-state index is -3.49. The molecule has 1 aromatic carbocycles. The lowest BCUT2D eigenvalue weighted by atomic mass is 9.99. The number of rotatable bonds is 7. The average molecular weight is 385 g/mol. The molecule has 3 rings (SSSR count). The molecule has 25 heavy (non-hydrogen) atoms. The van der Waals surface area contributed by atoms with Gasteiger partial charge in [0.1, 0.15) is 0 Å². The Morgan fingerprint density at radius 3 is 2.24 bits per heavy atom. The van der Waals surface area contributed by atoms with E-state index < -0.39 is 20.0 Å². The van der Waals surface area contributed by atoms with Crippen molar-refractivity contribution in [1.82, 2.24) is 9.03 Å². The lowest BCUT2D eigenvalue weighted by Gasteiger charge is -2.31. The molecular formula is C17H24N2O4S2. The highest BCUT2D eigenvalue weighted by molar-refractivity contribution is 7.92. The van der Waals surface area contributed by atoms with Crippen molar-refractivity contribution in [3.05, 3.63) is 41.3 Å². The second-order valence-corrected chi connectivity index (χ2v) is 10.6. The van der Waals surface area contributed by atoms with Crippen molar-refractivity contribution in [3.63, 3.8) is 0 Å². The first-order valence-corrected chi connectivity index (χ1v) is 11.6. The zero-order chi connectivity index (χ0) is 17.9. The summed E-state index contributed by atoms with van der Waals surface area (Å²) in [5.74, 6) is 0.172. The van der Waals surface area contributed by atoms with Gasteiger partial charge in [-0.1, -0.05) is 30.3 Å². The summed E-state index contributed by atoms with van der Waals surface area (Å²) in [6.07, 6.45) is 4.49. The maximum atomic E-state index is 12.2. The second kappa shape index (κ2) is 7.57. The molecule has 138 valence electrons. The van der Waals surface area contributed by atoms with Crippen molar-refractivity contribution >= 4 is 26.1 Å². The summed E-state index contributed by atoms with van der Waals surface area (Å²) >= 11 is 0. The standard InChI is InChI=1S/C17H24N2O4S2/c20-24(21,13-10-15-4-2-1-3-5-15)18-14-16-8-11-19(12-9-16)25(22,23)17-6-7-17/h1-5,10,13,16-18H,6-9,11-12,14H2/b13-10+. The second-order valence-electron chi connectivity index (χ2n) is 6.69. The largest absolute Gasteiger partial charge is 0.233 e. The van der Waals surface area contributed by atoms with Crippen LogP contribution in [-0.4, -0.2) is 46.0 Å². The zero-order valence-electron chi connectivity index (χ0n) is 14.0. The molecule has 1 aliphatic heterocycles. The van der Waals surface area contributed by atoms with Crippen LogP contribution in [0, 0.1) is 5.92 Å². The van der Waals surface area contributed by atoms with Crippen molar-refractivity contribution < 1.29 is 16.8 Å². The van der Waals surface area contributed by atoms with Gasteiger partial charge in [0.15, 0.2) is 0 Å². The van der Waals surface area contributed by atoms with Crippen LogP contribution in [0.1, 0.15) is 31.2 Å². The van der Waals surface area contributed by atoms with E-state index in [-0.39, 0.29) is 11.2 Å². The van der Waals surface area contributed by atoms with Crippen molar-refractivity contribution in [3.8, 4) is 0 Å². The molecule has 1 aliphatic carbocycles. The zero-order valence-corrected chi connectivity index (χ0v) is 15.7. The first-order chi connectivity index (χ1) is 11.9. The van der Waals surface area contributed by atoms with Gasteiger partial charge in [-0.3, -0.25) is 0 Å². The van der Waals surface area contributed by atoms with Crippen LogP contribution in [0.25, 0.3) is 6.08 Å². The Morgan fingerprint density at radius 1 is 1.00 bits per heavy atom. The first-order valence-electron chi connectivity index (χ1n) is 8.58. The Hall–Kier alpha value is -1.22. The SMILES string of the molecule is O=S(=O)(/C=C/c1ccccc1)NCC1CCN(S(=O)(=O)C2CC2)CC1. The summed E-state index contributed by atoms with van der Waals surface area (Å²) in [6, 6.07) is 9.25. The molecule has 1 saturated carbocycles. The van der Waals surface area contributed by atoms with Gasteiger partial charge in [-0.15, -0.1) is 0 Å². The molecule has 2 aliphatic rings. The van der Waals surface area contributed by atoms with E-state index in [0.717, 1.165) is 18.4 Å². The minimum Gasteiger partial charge on any atom is -0.212 e. The molecule has 1 saturated heterocycles. The van der Waals surface area contributed by atoms with Crippen molar-refractivity contribution in [2.75, 3.05) is 19.6 Å². The Kier molecular flexibility index (Phi) is 5.62. The molecule has 1 aromatic rings. The van der Waals surface area contributed by atoms with Crippen LogP contribution in [0.4, 0.5) is 0 Å². The maximum Gasteiger partial charge on any atom is 0.233 e. The fraction of sp³-hybridized carbons (Fsp3) is 0.529. The summed E-state index contributed by atoms with van der Waals surface area (Å²) in [5.41, 5.74) is 0.825. The predicted molar refractivity (Wildman–Crippen MR) is 98.6 cm³/mol. The smallest absolute Gasteiger partial charge is 0.212 e. The monoisotopic (exact) mass is 384 g/mol. The van der Waals surface area contributed by atoms with E-state index in [1.165, 1.54) is 5.41 Å². The van der Waals surface area contributed by atoms with Crippen LogP contribution in [0.15, 0.2) is 35.7 Å². The summed E-state index contributed by atoms with van der Waals surface area (Å²) in [4.78, 5) is 0. The Morgan fingerprint density at radius 2 is 1.64 bits per heavy atom. The van der Waals surface area contributed by atoms with Crippen molar-refractivity contribution in [1.29, 1.82) is 0 Å². The maximum absolute atomic E-state index is 12.2. The fourth-order valence-electron chi connectivity index (χ4n) is 2.96. The molecule has 0 amide bonds. The molecule has 1 N–H and O–H groups in total. The number of piperidine rings is 1. The first kappa shape index (κ1) is 18.6. The van der Waals surface area contributed by atoms with Crippen LogP contribution in [0.3, 0.4) is 0 Å². The highest BCUT2D eigenvalue weighted by atomic mass is 32.2. The van der Waals surface area contributed by atoms with Gasteiger partial charge in [-0.05, 0) is 43.2 Å². The number of nitrogens with one attached hydrogen (secondary N) is 1. The normalized spacial score (nSPS) is 21.0. The van der Waals surface area contributed by atoms with Gasteiger partial charge < -0.3 is 0 Å². The highest BCUT2D eigenvalue weighted by Gasteiger charge is 2.41. The molecule has 0 spiro atoms. The predicted octanol–water partition coefficient (Wildman–Crippen LogP) is 1.78. The Labute approximate surface area is 150 Å². The highest BCUT2D eigenvalue weighted by Crippen LogP contribution is 2.33. The van der Waals surface area contributed by atoms with Crippen LogP contribution in [-0.2, 0) is 20.0 Å². The molecule has 0 unspecified atom stereocenters. The Bertz CT molecular complexity index is 807. The number of nitrogens with zero attached hydrogens (tertiary/aromatic N) is 1. The third kappa shape index (κ3) is 5.13. The molecule has 0 bridgehead atoms. The van der Waals surface area contributed by atoms with Gasteiger partial charge in [0.25, 0.3) is 0 Å². The molecule has 1 heterocycles. The number of benzene rings is 1. The summed E-state index contributed by atoms with van der Waals surface area (Å²) in [7, 11) is -6.60. The van der Waals surface area contributed by atoms with Crippen molar-refractivity contribution in [2.45, 2.75) is 30.9 Å². The van der Waals surface area contributed by atoms with Gasteiger partial charge in [-0.2, -0.15) is 0 Å². The van der Waals surface area contributed by atoms with Gasteiger partial charge in [0.05, 0.1) is 5.25 Å². The number of hydrogen-bond acceptors (Lipinski definition) is 4. The van der Waals surface area contributed by atoms with E-state index in [2.05, 4.69) is 4.72 Å². The van der Waals surface area contributed by atoms with Gasteiger partial charge in [-0.25, -0.2) is 25.9 Å². The quantitative estimate of drug-likeness (QED) is 0.777. The third-order valence-corrected chi connectivity index (χ3v) is 8.15. The van der Waals surface area contributed by atoms with Crippen LogP contribution in [0.5, 0.6) is 0 Å². The van der Waals surface area contributed by atoms with Gasteiger partial charge in [0.2, 0.25) is 20.0 Å². The average Bonchev–Trinajstić information content (AvgIpc) is 3.45. The summed E-state index contributed by atoms with van der Waals surface area (Å²) in [6.45, 7) is 1.33. The van der Waals surface area contributed by atoms with E-state index in [1.807, 2.05) is 30.3 Å². The van der Waals surface area contributed by atoms with E-state index in [4.69, 9.17) is 0 Å². The van der Waals surface area contributed by atoms with Gasteiger partial charge >= 0.3 is 0 Å². The topological polar surface area (TPSA) is 83.6 Å². The number of hydrogen-bond donors (Lipinski definition) is 1. The third-order valence-electron chi connectivity index (χ3n) is 4.69. The Balaban J connectivity index is 1.47. The lowest BCUT2D eigenvalue weighted by molar-refractivity contribution is 0.274. The van der Waals surface area contributed by atoms with E-state index in [1.54, 1.807) is 10.4 Å².